The molecule has 2 aromatic rings. The fourth-order valence-electron chi connectivity index (χ4n) is 3.14. The van der Waals surface area contributed by atoms with Crippen molar-refractivity contribution in [2.24, 2.45) is 5.73 Å². The zero-order valence-electron chi connectivity index (χ0n) is 13.9. The highest BCUT2D eigenvalue weighted by Gasteiger charge is 2.23. The van der Waals surface area contributed by atoms with Crippen LogP contribution < -0.4 is 15.8 Å². The van der Waals surface area contributed by atoms with Gasteiger partial charge in [0.25, 0.3) is 5.91 Å². The van der Waals surface area contributed by atoms with Crippen LogP contribution in [0.4, 0.5) is 8.78 Å². The summed E-state index contributed by atoms with van der Waals surface area (Å²) in [6.07, 6.45) is 2.33. The van der Waals surface area contributed by atoms with Gasteiger partial charge in [0.15, 0.2) is 0 Å². The standard InChI is InChI=1S/C19H18F2N2O3/c20-19(21)26-14-8-9-15-13(10-14)2-1-3-16(15)23-18(25)12-6-4-11(5-7-12)17(22)24/h4-10,16,19H,1-3H2,(H2,22,24)(H,23,25). The largest absolute Gasteiger partial charge is 0.435 e. The van der Waals surface area contributed by atoms with Crippen molar-refractivity contribution in [1.29, 1.82) is 0 Å². The number of ether oxygens (including phenoxy) is 1. The summed E-state index contributed by atoms with van der Waals surface area (Å²) in [5, 5.41) is 2.96. The molecule has 2 amide bonds. The minimum Gasteiger partial charge on any atom is -0.435 e. The van der Waals surface area contributed by atoms with Crippen molar-refractivity contribution in [3.63, 3.8) is 0 Å². The first-order chi connectivity index (χ1) is 12.4. The number of aryl methyl sites for hydroxylation is 1. The average Bonchev–Trinajstić information content (AvgIpc) is 2.61. The van der Waals surface area contributed by atoms with Crippen molar-refractivity contribution < 1.29 is 23.1 Å². The summed E-state index contributed by atoms with van der Waals surface area (Å²) in [7, 11) is 0. The molecule has 0 bridgehead atoms. The SMILES string of the molecule is NC(=O)c1ccc(C(=O)NC2CCCc3cc(OC(F)F)ccc32)cc1. The molecule has 1 aliphatic carbocycles. The van der Waals surface area contributed by atoms with Gasteiger partial charge < -0.3 is 15.8 Å². The van der Waals surface area contributed by atoms with Crippen LogP contribution in [0.25, 0.3) is 0 Å². The molecule has 3 N–H and O–H groups in total. The smallest absolute Gasteiger partial charge is 0.387 e. The number of amides is 2. The van der Waals surface area contributed by atoms with Gasteiger partial charge in [-0.3, -0.25) is 9.59 Å². The Morgan fingerprint density at radius 3 is 2.46 bits per heavy atom. The number of hydrogen-bond donors (Lipinski definition) is 2. The van der Waals surface area contributed by atoms with Crippen LogP contribution in [0.2, 0.25) is 0 Å². The molecular formula is C19H18F2N2O3. The molecular weight excluding hydrogens is 342 g/mol. The maximum atomic E-state index is 12.5. The highest BCUT2D eigenvalue weighted by molar-refractivity contribution is 5.97. The summed E-state index contributed by atoms with van der Waals surface area (Å²) in [5.74, 6) is -0.709. The van der Waals surface area contributed by atoms with Crippen molar-refractivity contribution in [3.05, 3.63) is 64.7 Å². The first-order valence-corrected chi connectivity index (χ1v) is 8.22. The molecule has 7 heteroatoms. The Labute approximate surface area is 149 Å². The molecule has 1 aliphatic rings. The second-order valence-corrected chi connectivity index (χ2v) is 6.10. The van der Waals surface area contributed by atoms with Gasteiger partial charge in [0.2, 0.25) is 5.91 Å². The van der Waals surface area contributed by atoms with Crippen molar-refractivity contribution >= 4 is 11.8 Å². The second kappa shape index (κ2) is 7.51. The van der Waals surface area contributed by atoms with Gasteiger partial charge in [0, 0.05) is 11.1 Å². The van der Waals surface area contributed by atoms with E-state index >= 15 is 0 Å². The molecule has 3 rings (SSSR count). The van der Waals surface area contributed by atoms with E-state index in [1.807, 2.05) is 0 Å². The number of hydrogen-bond acceptors (Lipinski definition) is 3. The molecule has 0 heterocycles. The van der Waals surface area contributed by atoms with E-state index < -0.39 is 12.5 Å². The van der Waals surface area contributed by atoms with Gasteiger partial charge in [-0.05, 0) is 66.8 Å². The lowest BCUT2D eigenvalue weighted by Gasteiger charge is -2.27. The van der Waals surface area contributed by atoms with Crippen molar-refractivity contribution in [1.82, 2.24) is 5.32 Å². The number of carbonyl (C=O) groups excluding carboxylic acids is 2. The van der Waals surface area contributed by atoms with Crippen LogP contribution in [0, 0.1) is 0 Å². The van der Waals surface area contributed by atoms with E-state index in [1.165, 1.54) is 18.2 Å². The van der Waals surface area contributed by atoms with Gasteiger partial charge >= 0.3 is 6.61 Å². The van der Waals surface area contributed by atoms with Gasteiger partial charge in [-0.15, -0.1) is 0 Å². The molecule has 0 saturated heterocycles. The minimum atomic E-state index is -2.87. The number of primary amides is 1. The third kappa shape index (κ3) is 3.99. The highest BCUT2D eigenvalue weighted by atomic mass is 19.3. The predicted octanol–water partition coefficient (Wildman–Crippen LogP) is 3.19. The Morgan fingerprint density at radius 2 is 1.81 bits per heavy atom. The molecule has 0 fully saturated rings. The Morgan fingerprint density at radius 1 is 1.12 bits per heavy atom. The fourth-order valence-corrected chi connectivity index (χ4v) is 3.14. The van der Waals surface area contributed by atoms with Crippen molar-refractivity contribution in [2.45, 2.75) is 31.9 Å². The summed E-state index contributed by atoms with van der Waals surface area (Å²) < 4.78 is 29.2. The zero-order valence-corrected chi connectivity index (χ0v) is 13.9. The van der Waals surface area contributed by atoms with Crippen molar-refractivity contribution in [2.75, 3.05) is 0 Å². The van der Waals surface area contributed by atoms with Crippen LogP contribution in [0.1, 0.15) is 50.7 Å². The van der Waals surface area contributed by atoms with Crippen LogP contribution in [-0.4, -0.2) is 18.4 Å². The lowest BCUT2D eigenvalue weighted by atomic mass is 9.87. The van der Waals surface area contributed by atoms with E-state index in [4.69, 9.17) is 5.73 Å². The molecule has 0 spiro atoms. The van der Waals surface area contributed by atoms with Gasteiger partial charge in [0.1, 0.15) is 5.75 Å². The molecule has 136 valence electrons. The van der Waals surface area contributed by atoms with Gasteiger partial charge in [-0.25, -0.2) is 0 Å². The number of benzene rings is 2. The normalized spacial score (nSPS) is 16.0. The van der Waals surface area contributed by atoms with E-state index in [0.717, 1.165) is 30.4 Å². The number of fused-ring (bicyclic) bond motifs is 1. The van der Waals surface area contributed by atoms with Crippen LogP contribution in [-0.2, 0) is 6.42 Å². The van der Waals surface area contributed by atoms with Crippen LogP contribution in [0.5, 0.6) is 5.75 Å². The van der Waals surface area contributed by atoms with E-state index in [2.05, 4.69) is 10.1 Å². The van der Waals surface area contributed by atoms with Crippen LogP contribution in [0.15, 0.2) is 42.5 Å². The molecule has 0 radical (unpaired) electrons. The monoisotopic (exact) mass is 360 g/mol. The fraction of sp³-hybridized carbons (Fsp3) is 0.263. The lowest BCUT2D eigenvalue weighted by molar-refractivity contribution is -0.0499. The highest BCUT2D eigenvalue weighted by Crippen LogP contribution is 2.32. The Kier molecular flexibility index (Phi) is 5.16. The maximum Gasteiger partial charge on any atom is 0.387 e. The number of halogens is 2. The number of rotatable bonds is 5. The third-order valence-corrected chi connectivity index (χ3v) is 4.39. The zero-order chi connectivity index (χ0) is 18.7. The van der Waals surface area contributed by atoms with Crippen LogP contribution >= 0.6 is 0 Å². The number of nitrogens with two attached hydrogens (primary N) is 1. The maximum absolute atomic E-state index is 12.5. The van der Waals surface area contributed by atoms with E-state index in [0.29, 0.717) is 11.1 Å². The summed E-state index contributed by atoms with van der Waals surface area (Å²) in [6, 6.07) is 10.7. The summed E-state index contributed by atoms with van der Waals surface area (Å²) >= 11 is 0. The summed E-state index contributed by atoms with van der Waals surface area (Å²) in [4.78, 5) is 23.6. The number of alkyl halides is 2. The van der Waals surface area contributed by atoms with E-state index in [9.17, 15) is 18.4 Å². The Bertz CT molecular complexity index is 822. The molecule has 0 aromatic heterocycles. The topological polar surface area (TPSA) is 81.4 Å². The number of nitrogens with one attached hydrogen (secondary N) is 1. The molecule has 26 heavy (non-hydrogen) atoms. The lowest BCUT2D eigenvalue weighted by Crippen LogP contribution is -2.31. The van der Waals surface area contributed by atoms with Crippen molar-refractivity contribution in [3.8, 4) is 5.75 Å². The molecule has 2 aromatic carbocycles. The molecule has 0 aliphatic heterocycles. The molecule has 1 unspecified atom stereocenters. The predicted molar refractivity (Wildman–Crippen MR) is 91.2 cm³/mol. The van der Waals surface area contributed by atoms with Crippen LogP contribution in [0.3, 0.4) is 0 Å². The molecule has 0 saturated carbocycles. The molecule has 1 atom stereocenters. The van der Waals surface area contributed by atoms with E-state index in [-0.39, 0.29) is 17.7 Å². The quantitative estimate of drug-likeness (QED) is 0.859. The summed E-state index contributed by atoms with van der Waals surface area (Å²) in [5.41, 5.74) is 7.73. The van der Waals surface area contributed by atoms with Gasteiger partial charge in [0.05, 0.1) is 6.04 Å². The summed E-state index contributed by atoms with van der Waals surface area (Å²) in [6.45, 7) is -2.87. The average molecular weight is 360 g/mol. The first kappa shape index (κ1) is 17.8. The Hall–Kier alpha value is -2.96. The molecule has 5 nitrogen and oxygen atoms in total. The Balaban J connectivity index is 1.75. The van der Waals surface area contributed by atoms with Gasteiger partial charge in [-0.1, -0.05) is 6.07 Å². The third-order valence-electron chi connectivity index (χ3n) is 4.39. The second-order valence-electron chi connectivity index (χ2n) is 6.10. The number of carbonyl (C=O) groups is 2. The minimum absolute atomic E-state index is 0.118. The van der Waals surface area contributed by atoms with E-state index in [1.54, 1.807) is 24.3 Å². The first-order valence-electron chi connectivity index (χ1n) is 8.22. The van der Waals surface area contributed by atoms with Gasteiger partial charge in [-0.2, -0.15) is 8.78 Å².